The van der Waals surface area contributed by atoms with Crippen LogP contribution in [0.4, 0.5) is 0 Å². The molecule has 26 heavy (non-hydrogen) atoms. The van der Waals surface area contributed by atoms with E-state index in [1.165, 1.54) is 0 Å². The van der Waals surface area contributed by atoms with Crippen LogP contribution >= 0.6 is 0 Å². The number of rotatable bonds is 6. The summed E-state index contributed by atoms with van der Waals surface area (Å²) in [5.74, 6) is -1.09. The van der Waals surface area contributed by atoms with Gasteiger partial charge in [0, 0.05) is 5.56 Å². The number of ketones is 2. The van der Waals surface area contributed by atoms with Crippen molar-refractivity contribution in [1.82, 2.24) is 0 Å². The van der Waals surface area contributed by atoms with Gasteiger partial charge in [0.25, 0.3) is 0 Å². The van der Waals surface area contributed by atoms with Crippen LogP contribution in [0.15, 0.2) is 84.9 Å². The van der Waals surface area contributed by atoms with Gasteiger partial charge in [0.05, 0.1) is 11.8 Å². The number of hydrogen-bond acceptors (Lipinski definition) is 2. The molecule has 0 heterocycles. The average molecular weight is 342 g/mol. The second kappa shape index (κ2) is 7.92. The first-order valence-electron chi connectivity index (χ1n) is 8.79. The fourth-order valence-corrected chi connectivity index (χ4v) is 3.37. The molecule has 0 aromatic heterocycles. The number of benzene rings is 3. The molecular weight excluding hydrogens is 320 g/mol. The highest BCUT2D eigenvalue weighted by atomic mass is 16.1. The van der Waals surface area contributed by atoms with Crippen LogP contribution < -0.4 is 0 Å². The summed E-state index contributed by atoms with van der Waals surface area (Å²) in [6, 6.07) is 26.7. The lowest BCUT2D eigenvalue weighted by atomic mass is 9.75. The predicted octanol–water partition coefficient (Wildman–Crippen LogP) is 5.33. The lowest BCUT2D eigenvalue weighted by Crippen LogP contribution is -2.25. The van der Waals surface area contributed by atoms with Crippen molar-refractivity contribution in [3.05, 3.63) is 107 Å². The van der Waals surface area contributed by atoms with E-state index in [0.29, 0.717) is 5.56 Å². The standard InChI is InChI=1S/C24H22O2/c1-17-13-15-20(16-14-17)22(18(2)25)23(19-9-5-3-6-10-19)24(26)21-11-7-4-8-12-21/h3-16,22-23H,1-2H3/t22-,23-/m0/s1. The van der Waals surface area contributed by atoms with Crippen LogP contribution in [0.1, 0.15) is 45.8 Å². The van der Waals surface area contributed by atoms with Crippen LogP contribution in [0.2, 0.25) is 0 Å². The van der Waals surface area contributed by atoms with Gasteiger partial charge in [-0.3, -0.25) is 9.59 Å². The molecule has 0 saturated heterocycles. The van der Waals surface area contributed by atoms with Gasteiger partial charge in [0.15, 0.2) is 5.78 Å². The van der Waals surface area contributed by atoms with Gasteiger partial charge in [-0.05, 0) is 25.0 Å². The average Bonchev–Trinajstić information content (AvgIpc) is 2.67. The maximum absolute atomic E-state index is 13.4. The second-order valence-electron chi connectivity index (χ2n) is 6.62. The lowest BCUT2D eigenvalue weighted by Gasteiger charge is -2.25. The minimum Gasteiger partial charge on any atom is -0.299 e. The van der Waals surface area contributed by atoms with Crippen molar-refractivity contribution in [3.8, 4) is 0 Å². The molecule has 0 aliphatic heterocycles. The topological polar surface area (TPSA) is 34.1 Å². The Kier molecular flexibility index (Phi) is 5.43. The minimum atomic E-state index is -0.543. The first-order valence-corrected chi connectivity index (χ1v) is 8.79. The predicted molar refractivity (Wildman–Crippen MR) is 105 cm³/mol. The zero-order chi connectivity index (χ0) is 18.5. The van der Waals surface area contributed by atoms with E-state index in [0.717, 1.165) is 16.7 Å². The van der Waals surface area contributed by atoms with Gasteiger partial charge in [-0.1, -0.05) is 90.5 Å². The van der Waals surface area contributed by atoms with E-state index in [1.807, 2.05) is 91.9 Å². The van der Waals surface area contributed by atoms with Crippen molar-refractivity contribution < 1.29 is 9.59 Å². The van der Waals surface area contributed by atoms with Crippen LogP contribution in [0.3, 0.4) is 0 Å². The highest BCUT2D eigenvalue weighted by molar-refractivity contribution is 6.05. The van der Waals surface area contributed by atoms with E-state index < -0.39 is 11.8 Å². The molecule has 0 saturated carbocycles. The van der Waals surface area contributed by atoms with Crippen molar-refractivity contribution in [1.29, 1.82) is 0 Å². The van der Waals surface area contributed by atoms with Crippen molar-refractivity contribution in [3.63, 3.8) is 0 Å². The molecule has 0 aliphatic carbocycles. The molecule has 0 N–H and O–H groups in total. The van der Waals surface area contributed by atoms with Gasteiger partial charge < -0.3 is 0 Å². The van der Waals surface area contributed by atoms with E-state index in [2.05, 4.69) is 0 Å². The summed E-state index contributed by atoms with van der Waals surface area (Å²) in [5.41, 5.74) is 3.49. The van der Waals surface area contributed by atoms with Gasteiger partial charge in [-0.15, -0.1) is 0 Å². The van der Waals surface area contributed by atoms with Gasteiger partial charge >= 0.3 is 0 Å². The first-order chi connectivity index (χ1) is 12.6. The molecule has 0 unspecified atom stereocenters. The van der Waals surface area contributed by atoms with E-state index >= 15 is 0 Å². The number of hydrogen-bond donors (Lipinski definition) is 0. The fourth-order valence-electron chi connectivity index (χ4n) is 3.37. The molecule has 0 radical (unpaired) electrons. The number of carbonyl (C=O) groups is 2. The number of Topliss-reactive ketones (excluding diaryl/α,β-unsaturated/α-hetero) is 2. The molecule has 2 heteroatoms. The maximum Gasteiger partial charge on any atom is 0.171 e. The quantitative estimate of drug-likeness (QED) is 0.567. The third kappa shape index (κ3) is 3.80. The van der Waals surface area contributed by atoms with Crippen LogP contribution in [0, 0.1) is 6.92 Å². The van der Waals surface area contributed by atoms with E-state index in [9.17, 15) is 9.59 Å². The Labute approximate surface area is 154 Å². The number of carbonyl (C=O) groups excluding carboxylic acids is 2. The fraction of sp³-hybridized carbons (Fsp3) is 0.167. The van der Waals surface area contributed by atoms with Gasteiger partial charge in [0.1, 0.15) is 5.78 Å². The Hall–Kier alpha value is -3.00. The molecule has 130 valence electrons. The van der Waals surface area contributed by atoms with Crippen molar-refractivity contribution >= 4 is 11.6 Å². The van der Waals surface area contributed by atoms with Gasteiger partial charge in [-0.2, -0.15) is 0 Å². The van der Waals surface area contributed by atoms with E-state index in [4.69, 9.17) is 0 Å². The first kappa shape index (κ1) is 17.8. The van der Waals surface area contributed by atoms with Crippen molar-refractivity contribution in [2.24, 2.45) is 0 Å². The van der Waals surface area contributed by atoms with Crippen LogP contribution in [0.25, 0.3) is 0 Å². The van der Waals surface area contributed by atoms with Crippen LogP contribution in [0.5, 0.6) is 0 Å². The third-order valence-electron chi connectivity index (χ3n) is 4.71. The molecule has 2 nitrogen and oxygen atoms in total. The Balaban J connectivity index is 2.13. The number of aryl methyl sites for hydroxylation is 1. The third-order valence-corrected chi connectivity index (χ3v) is 4.71. The Morgan fingerprint density at radius 1 is 0.654 bits per heavy atom. The van der Waals surface area contributed by atoms with Gasteiger partial charge in [-0.25, -0.2) is 0 Å². The molecule has 0 amide bonds. The Bertz CT molecular complexity index is 881. The maximum atomic E-state index is 13.4. The smallest absolute Gasteiger partial charge is 0.171 e. The molecule has 0 spiro atoms. The molecular formula is C24H22O2. The normalized spacial score (nSPS) is 13.0. The zero-order valence-electron chi connectivity index (χ0n) is 15.1. The van der Waals surface area contributed by atoms with E-state index in [-0.39, 0.29) is 11.6 Å². The Morgan fingerprint density at radius 2 is 1.15 bits per heavy atom. The molecule has 2 atom stereocenters. The summed E-state index contributed by atoms with van der Waals surface area (Å²) in [6.07, 6.45) is 0. The minimum absolute atomic E-state index is 0.00742. The van der Waals surface area contributed by atoms with Gasteiger partial charge in [0.2, 0.25) is 0 Å². The summed E-state index contributed by atoms with van der Waals surface area (Å²) in [4.78, 5) is 26.0. The highest BCUT2D eigenvalue weighted by Crippen LogP contribution is 2.36. The Morgan fingerprint density at radius 3 is 1.69 bits per heavy atom. The summed E-state index contributed by atoms with van der Waals surface area (Å²) in [6.45, 7) is 3.58. The molecule has 3 aromatic rings. The zero-order valence-corrected chi connectivity index (χ0v) is 15.1. The molecule has 0 bridgehead atoms. The van der Waals surface area contributed by atoms with Crippen LogP contribution in [-0.2, 0) is 4.79 Å². The van der Waals surface area contributed by atoms with E-state index in [1.54, 1.807) is 6.92 Å². The SMILES string of the molecule is CC(=O)[C@@H](c1ccc(C)cc1)[C@@H](C(=O)c1ccccc1)c1ccccc1. The molecule has 3 aromatic carbocycles. The largest absolute Gasteiger partial charge is 0.299 e. The van der Waals surface area contributed by atoms with Crippen molar-refractivity contribution in [2.45, 2.75) is 25.7 Å². The van der Waals surface area contributed by atoms with Crippen molar-refractivity contribution in [2.75, 3.05) is 0 Å². The summed E-state index contributed by atoms with van der Waals surface area (Å²) >= 11 is 0. The lowest BCUT2D eigenvalue weighted by molar-refractivity contribution is -0.118. The monoisotopic (exact) mass is 342 g/mol. The summed E-state index contributed by atoms with van der Waals surface area (Å²) in [7, 11) is 0. The molecule has 3 rings (SSSR count). The molecule has 0 aliphatic rings. The molecule has 0 fully saturated rings. The highest BCUT2D eigenvalue weighted by Gasteiger charge is 2.34. The summed E-state index contributed by atoms with van der Waals surface area (Å²) < 4.78 is 0. The summed E-state index contributed by atoms with van der Waals surface area (Å²) in [5, 5.41) is 0. The second-order valence-corrected chi connectivity index (χ2v) is 6.62. The van der Waals surface area contributed by atoms with Crippen LogP contribution in [-0.4, -0.2) is 11.6 Å².